The Hall–Kier alpha value is -1.44. The number of carbonyl (C=O) groups excluding carboxylic acids is 2. The van der Waals surface area contributed by atoms with Gasteiger partial charge in [0.2, 0.25) is 0 Å². The van der Waals surface area contributed by atoms with E-state index in [-0.39, 0.29) is 11.8 Å². The Bertz CT molecular complexity index is 574. The molecule has 0 spiro atoms. The first kappa shape index (κ1) is 18.9. The highest BCUT2D eigenvalue weighted by atomic mass is 79.9. The molecule has 0 radical (unpaired) electrons. The summed E-state index contributed by atoms with van der Waals surface area (Å²) in [6.45, 7) is 2.58. The number of halogens is 1. The minimum Gasteiger partial charge on any atom is -0.368 e. The van der Waals surface area contributed by atoms with Crippen LogP contribution in [0.5, 0.6) is 0 Å². The molecule has 1 saturated heterocycles. The van der Waals surface area contributed by atoms with E-state index in [1.54, 1.807) is 19.2 Å². The van der Waals surface area contributed by atoms with Gasteiger partial charge in [-0.25, -0.2) is 0 Å². The lowest BCUT2D eigenvalue weighted by molar-refractivity contribution is -0.146. The second-order valence-electron chi connectivity index (χ2n) is 5.82. The van der Waals surface area contributed by atoms with E-state index in [9.17, 15) is 9.59 Å². The van der Waals surface area contributed by atoms with Crippen LogP contribution in [0, 0.1) is 0 Å². The number of benzene rings is 1. The maximum Gasteiger partial charge on any atom is 0.252 e. The first-order chi connectivity index (χ1) is 11.6. The summed E-state index contributed by atoms with van der Waals surface area (Å²) in [7, 11) is 1.59. The average molecular weight is 398 g/mol. The molecule has 0 aromatic heterocycles. The van der Waals surface area contributed by atoms with Crippen molar-refractivity contribution in [1.29, 1.82) is 0 Å². The molecule has 1 aliphatic heterocycles. The number of rotatable bonds is 7. The van der Waals surface area contributed by atoms with Crippen molar-refractivity contribution in [3.8, 4) is 0 Å². The molecule has 0 saturated carbocycles. The lowest BCUT2D eigenvalue weighted by Crippen LogP contribution is -2.54. The second-order valence-corrected chi connectivity index (χ2v) is 6.74. The van der Waals surface area contributed by atoms with E-state index in [1.807, 2.05) is 12.1 Å². The van der Waals surface area contributed by atoms with Gasteiger partial charge in [-0.3, -0.25) is 9.59 Å². The zero-order chi connectivity index (χ0) is 17.4. The zero-order valence-electron chi connectivity index (χ0n) is 13.9. The molecule has 6 nitrogen and oxygen atoms in total. The van der Waals surface area contributed by atoms with E-state index in [0.29, 0.717) is 37.9 Å². The number of hydrogen-bond donors (Lipinski definition) is 3. The third-order valence-corrected chi connectivity index (χ3v) is 4.72. The van der Waals surface area contributed by atoms with Crippen molar-refractivity contribution in [1.82, 2.24) is 16.0 Å². The van der Waals surface area contributed by atoms with Gasteiger partial charge in [0.25, 0.3) is 11.8 Å². The molecular formula is C17H24BrN3O3. The Balaban J connectivity index is 1.69. The van der Waals surface area contributed by atoms with Gasteiger partial charge in [0.15, 0.2) is 0 Å². The van der Waals surface area contributed by atoms with Crippen LogP contribution in [-0.2, 0) is 9.53 Å². The van der Waals surface area contributed by atoms with Crippen molar-refractivity contribution in [2.24, 2.45) is 0 Å². The molecular weight excluding hydrogens is 374 g/mol. The lowest BCUT2D eigenvalue weighted by Gasteiger charge is -2.34. The molecule has 0 bridgehead atoms. The van der Waals surface area contributed by atoms with Gasteiger partial charge >= 0.3 is 0 Å². The van der Waals surface area contributed by atoms with Crippen LogP contribution in [0.25, 0.3) is 0 Å². The van der Waals surface area contributed by atoms with Crippen molar-refractivity contribution in [3.05, 3.63) is 34.3 Å². The summed E-state index contributed by atoms with van der Waals surface area (Å²) in [6.07, 6.45) is 2.02. The van der Waals surface area contributed by atoms with Gasteiger partial charge in [-0.05, 0) is 50.6 Å². The number of carbonyl (C=O) groups is 2. The molecule has 24 heavy (non-hydrogen) atoms. The number of amides is 2. The predicted octanol–water partition coefficient (Wildman–Crippen LogP) is 1.45. The highest BCUT2D eigenvalue weighted by molar-refractivity contribution is 9.10. The van der Waals surface area contributed by atoms with E-state index < -0.39 is 5.60 Å². The van der Waals surface area contributed by atoms with Gasteiger partial charge in [0.1, 0.15) is 5.60 Å². The van der Waals surface area contributed by atoms with Gasteiger partial charge in [-0.1, -0.05) is 22.0 Å². The average Bonchev–Trinajstić information content (AvgIpc) is 2.61. The maximum absolute atomic E-state index is 12.4. The fourth-order valence-electron chi connectivity index (χ4n) is 2.74. The molecule has 0 unspecified atom stereocenters. The van der Waals surface area contributed by atoms with E-state index in [0.717, 1.165) is 17.6 Å². The topological polar surface area (TPSA) is 79.5 Å². The highest BCUT2D eigenvalue weighted by Gasteiger charge is 2.39. The minimum atomic E-state index is -0.717. The molecule has 132 valence electrons. The number of piperidine rings is 1. The molecule has 1 aromatic carbocycles. The van der Waals surface area contributed by atoms with Crippen LogP contribution in [-0.4, -0.2) is 50.7 Å². The van der Waals surface area contributed by atoms with Gasteiger partial charge in [0, 0.05) is 30.2 Å². The Morgan fingerprint density at radius 2 is 1.96 bits per heavy atom. The highest BCUT2D eigenvalue weighted by Crippen LogP contribution is 2.22. The van der Waals surface area contributed by atoms with Crippen LogP contribution in [0.1, 0.15) is 29.6 Å². The van der Waals surface area contributed by atoms with Crippen LogP contribution >= 0.6 is 15.9 Å². The van der Waals surface area contributed by atoms with Crippen LogP contribution in [0.4, 0.5) is 0 Å². The van der Waals surface area contributed by atoms with Gasteiger partial charge in [-0.2, -0.15) is 0 Å². The monoisotopic (exact) mass is 397 g/mol. The van der Waals surface area contributed by atoms with Crippen molar-refractivity contribution in [3.63, 3.8) is 0 Å². The summed E-state index contributed by atoms with van der Waals surface area (Å²) in [5.74, 6) is -0.181. The van der Waals surface area contributed by atoms with E-state index >= 15 is 0 Å². The van der Waals surface area contributed by atoms with E-state index in [2.05, 4.69) is 31.9 Å². The van der Waals surface area contributed by atoms with Crippen LogP contribution in [0.3, 0.4) is 0 Å². The summed E-state index contributed by atoms with van der Waals surface area (Å²) in [5.41, 5.74) is -0.105. The Kier molecular flexibility index (Phi) is 7.20. The number of ether oxygens (including phenoxy) is 1. The van der Waals surface area contributed by atoms with Crippen molar-refractivity contribution in [2.45, 2.75) is 24.9 Å². The normalized spacial score (nSPS) is 16.4. The third kappa shape index (κ3) is 5.03. The zero-order valence-corrected chi connectivity index (χ0v) is 15.4. The fourth-order valence-corrected chi connectivity index (χ4v) is 3.14. The number of nitrogens with one attached hydrogen (secondary N) is 3. The van der Waals surface area contributed by atoms with Crippen LogP contribution in [0.15, 0.2) is 28.7 Å². The Labute approximate surface area is 150 Å². The molecule has 0 atom stereocenters. The molecule has 1 fully saturated rings. The van der Waals surface area contributed by atoms with Gasteiger partial charge in [-0.15, -0.1) is 0 Å². The lowest BCUT2D eigenvalue weighted by atomic mass is 9.91. The van der Waals surface area contributed by atoms with Crippen molar-refractivity contribution >= 4 is 27.7 Å². The van der Waals surface area contributed by atoms with E-state index in [4.69, 9.17) is 4.74 Å². The summed E-state index contributed by atoms with van der Waals surface area (Å²) in [5, 5.41) is 8.99. The first-order valence-corrected chi connectivity index (χ1v) is 8.95. The standard InChI is InChI=1S/C17H24BrN3O3/c1-24-17(6-10-19-11-7-17)16(23)21-9-3-8-20-15(22)13-4-2-5-14(18)12-13/h2,4-5,12,19H,3,6-11H2,1H3,(H,20,22)(H,21,23). The third-order valence-electron chi connectivity index (χ3n) is 4.23. The summed E-state index contributed by atoms with van der Waals surface area (Å²) in [4.78, 5) is 24.3. The summed E-state index contributed by atoms with van der Waals surface area (Å²) < 4.78 is 6.35. The number of methoxy groups -OCH3 is 1. The van der Waals surface area contributed by atoms with Gasteiger partial charge in [0.05, 0.1) is 0 Å². The molecule has 2 amide bonds. The van der Waals surface area contributed by atoms with Gasteiger partial charge < -0.3 is 20.7 Å². The summed E-state index contributed by atoms with van der Waals surface area (Å²) >= 11 is 3.35. The molecule has 1 heterocycles. The SMILES string of the molecule is COC1(C(=O)NCCCNC(=O)c2cccc(Br)c2)CCNCC1. The summed E-state index contributed by atoms with van der Waals surface area (Å²) in [6, 6.07) is 7.24. The molecule has 7 heteroatoms. The largest absolute Gasteiger partial charge is 0.368 e. The quantitative estimate of drug-likeness (QED) is 0.608. The second kappa shape index (κ2) is 9.15. The Morgan fingerprint density at radius 3 is 2.62 bits per heavy atom. The van der Waals surface area contributed by atoms with Crippen molar-refractivity contribution < 1.29 is 14.3 Å². The molecule has 0 aliphatic carbocycles. The smallest absolute Gasteiger partial charge is 0.252 e. The van der Waals surface area contributed by atoms with E-state index in [1.165, 1.54) is 0 Å². The van der Waals surface area contributed by atoms with Crippen molar-refractivity contribution in [2.75, 3.05) is 33.3 Å². The molecule has 3 N–H and O–H groups in total. The van der Waals surface area contributed by atoms with Crippen LogP contribution in [0.2, 0.25) is 0 Å². The van der Waals surface area contributed by atoms with Crippen LogP contribution < -0.4 is 16.0 Å². The minimum absolute atomic E-state index is 0.0650. The fraction of sp³-hybridized carbons (Fsp3) is 0.529. The maximum atomic E-state index is 12.4. The Morgan fingerprint density at radius 1 is 1.25 bits per heavy atom. The molecule has 1 aliphatic rings. The molecule has 1 aromatic rings. The first-order valence-electron chi connectivity index (χ1n) is 8.15. The molecule has 2 rings (SSSR count). The number of hydrogen-bond acceptors (Lipinski definition) is 4. The predicted molar refractivity (Wildman–Crippen MR) is 95.9 cm³/mol.